The predicted octanol–water partition coefficient (Wildman–Crippen LogP) is 3.65. The molecule has 1 saturated carbocycles. The van der Waals surface area contributed by atoms with E-state index in [1.54, 1.807) is 0 Å². The minimum absolute atomic E-state index is 0.750. The molecule has 0 saturated heterocycles. The van der Waals surface area contributed by atoms with Crippen molar-refractivity contribution < 1.29 is 0 Å². The Morgan fingerprint density at radius 1 is 1.33 bits per heavy atom. The molecular weight excluding hydrogens is 258 g/mol. The summed E-state index contributed by atoms with van der Waals surface area (Å²) in [5, 5.41) is 7.97. The van der Waals surface area contributed by atoms with Gasteiger partial charge in [-0.3, -0.25) is 4.68 Å². The zero-order chi connectivity index (χ0) is 15.2. The molecule has 1 N–H and O–H groups in total. The summed E-state index contributed by atoms with van der Waals surface area (Å²) < 4.78 is 2.03. The van der Waals surface area contributed by atoms with Crippen molar-refractivity contribution in [2.45, 2.75) is 52.9 Å². The molecule has 1 aromatic rings. The van der Waals surface area contributed by atoms with E-state index < -0.39 is 0 Å². The molecule has 1 heterocycles. The van der Waals surface area contributed by atoms with Crippen molar-refractivity contribution >= 4 is 0 Å². The Morgan fingerprint density at radius 2 is 2.14 bits per heavy atom. The van der Waals surface area contributed by atoms with Crippen LogP contribution in [-0.4, -0.2) is 22.9 Å². The van der Waals surface area contributed by atoms with Gasteiger partial charge >= 0.3 is 0 Å². The second-order valence-corrected chi connectivity index (χ2v) is 7.48. The van der Waals surface area contributed by atoms with Crippen LogP contribution in [0.2, 0.25) is 0 Å². The Hall–Kier alpha value is -0.830. The Kier molecular flexibility index (Phi) is 6.28. The van der Waals surface area contributed by atoms with Crippen LogP contribution in [0.4, 0.5) is 0 Å². The van der Waals surface area contributed by atoms with Crippen molar-refractivity contribution in [1.29, 1.82) is 0 Å². The first-order chi connectivity index (χ1) is 10.1. The van der Waals surface area contributed by atoms with E-state index in [0.29, 0.717) is 0 Å². The highest BCUT2D eigenvalue weighted by molar-refractivity contribution is 5.00. The summed E-state index contributed by atoms with van der Waals surface area (Å²) in [4.78, 5) is 0. The molecule has 1 aliphatic rings. The predicted molar refractivity (Wildman–Crippen MR) is 89.2 cm³/mol. The molecule has 1 aromatic heterocycles. The van der Waals surface area contributed by atoms with E-state index in [9.17, 15) is 0 Å². The lowest BCUT2D eigenvalue weighted by atomic mass is 9.72. The fourth-order valence-corrected chi connectivity index (χ4v) is 3.72. The van der Waals surface area contributed by atoms with Crippen LogP contribution in [0.3, 0.4) is 0 Å². The molecule has 120 valence electrons. The maximum absolute atomic E-state index is 4.29. The van der Waals surface area contributed by atoms with Crippen molar-refractivity contribution in [3.63, 3.8) is 0 Å². The number of rotatable bonds is 7. The van der Waals surface area contributed by atoms with Crippen molar-refractivity contribution in [3.05, 3.63) is 18.0 Å². The molecule has 1 aliphatic carbocycles. The molecular formula is C18H33N3. The summed E-state index contributed by atoms with van der Waals surface area (Å²) in [5.41, 5.74) is 1.38. The number of hydrogen-bond donors (Lipinski definition) is 1. The van der Waals surface area contributed by atoms with Gasteiger partial charge in [0.1, 0.15) is 0 Å². The molecule has 0 radical (unpaired) electrons. The van der Waals surface area contributed by atoms with Gasteiger partial charge in [0.15, 0.2) is 0 Å². The highest BCUT2D eigenvalue weighted by Crippen LogP contribution is 2.36. The van der Waals surface area contributed by atoms with Crippen LogP contribution in [0.25, 0.3) is 0 Å². The topological polar surface area (TPSA) is 29.9 Å². The zero-order valence-corrected chi connectivity index (χ0v) is 14.3. The number of aromatic nitrogens is 2. The normalized spacial score (nSPS) is 26.4. The van der Waals surface area contributed by atoms with Gasteiger partial charge in [0.05, 0.1) is 0 Å². The summed E-state index contributed by atoms with van der Waals surface area (Å²) in [6.07, 6.45) is 8.64. The second kappa shape index (κ2) is 7.98. The van der Waals surface area contributed by atoms with E-state index in [-0.39, 0.29) is 0 Å². The van der Waals surface area contributed by atoms with Gasteiger partial charge in [0.25, 0.3) is 0 Å². The van der Waals surface area contributed by atoms with Gasteiger partial charge in [-0.25, -0.2) is 0 Å². The SMILES string of the molecule is CC(C)CNCC1CCC(C)CC1CCc1ccnn1C. The average molecular weight is 291 g/mol. The van der Waals surface area contributed by atoms with E-state index >= 15 is 0 Å². The molecule has 3 heteroatoms. The van der Waals surface area contributed by atoms with Crippen LogP contribution >= 0.6 is 0 Å². The van der Waals surface area contributed by atoms with Gasteiger partial charge < -0.3 is 5.32 Å². The fourth-order valence-electron chi connectivity index (χ4n) is 3.72. The Morgan fingerprint density at radius 3 is 2.81 bits per heavy atom. The molecule has 3 unspecified atom stereocenters. The lowest BCUT2D eigenvalue weighted by molar-refractivity contribution is 0.173. The first kappa shape index (κ1) is 16.5. The minimum atomic E-state index is 0.750. The van der Waals surface area contributed by atoms with Crippen LogP contribution in [0.1, 0.15) is 52.1 Å². The molecule has 21 heavy (non-hydrogen) atoms. The van der Waals surface area contributed by atoms with Crippen LogP contribution in [-0.2, 0) is 13.5 Å². The van der Waals surface area contributed by atoms with Gasteiger partial charge in [-0.05, 0) is 68.5 Å². The highest BCUT2D eigenvalue weighted by Gasteiger charge is 2.28. The van der Waals surface area contributed by atoms with Crippen molar-refractivity contribution in [2.75, 3.05) is 13.1 Å². The largest absolute Gasteiger partial charge is 0.316 e. The maximum atomic E-state index is 4.29. The standard InChI is InChI=1S/C18H33N3/c1-14(2)12-19-13-17-6-5-15(3)11-16(17)7-8-18-9-10-20-21(18)4/h9-10,14-17,19H,5-8,11-13H2,1-4H3. The molecule has 2 rings (SSSR count). The van der Waals surface area contributed by atoms with Crippen molar-refractivity contribution in [1.82, 2.24) is 15.1 Å². The smallest absolute Gasteiger partial charge is 0.0492 e. The van der Waals surface area contributed by atoms with Gasteiger partial charge in [0, 0.05) is 18.9 Å². The number of hydrogen-bond acceptors (Lipinski definition) is 2. The van der Waals surface area contributed by atoms with E-state index in [2.05, 4.69) is 44.3 Å². The molecule has 0 bridgehead atoms. The summed E-state index contributed by atoms with van der Waals surface area (Å²) in [5.74, 6) is 3.40. The van der Waals surface area contributed by atoms with Crippen LogP contribution < -0.4 is 5.32 Å². The molecule has 1 fully saturated rings. The molecule has 3 atom stereocenters. The van der Waals surface area contributed by atoms with E-state index in [4.69, 9.17) is 0 Å². The third-order valence-electron chi connectivity index (χ3n) is 5.05. The number of aryl methyl sites for hydroxylation is 2. The maximum Gasteiger partial charge on any atom is 0.0492 e. The number of nitrogens with one attached hydrogen (secondary N) is 1. The van der Waals surface area contributed by atoms with Crippen molar-refractivity contribution in [3.8, 4) is 0 Å². The molecule has 3 nitrogen and oxygen atoms in total. The lowest BCUT2D eigenvalue weighted by Crippen LogP contribution is -2.34. The molecule has 0 aromatic carbocycles. The first-order valence-corrected chi connectivity index (χ1v) is 8.73. The Labute approximate surface area is 130 Å². The Bertz CT molecular complexity index is 410. The summed E-state index contributed by atoms with van der Waals surface area (Å²) in [6.45, 7) is 9.36. The minimum Gasteiger partial charge on any atom is -0.316 e. The Balaban J connectivity index is 1.84. The van der Waals surface area contributed by atoms with Gasteiger partial charge in [0.2, 0.25) is 0 Å². The summed E-state index contributed by atoms with van der Waals surface area (Å²) >= 11 is 0. The highest BCUT2D eigenvalue weighted by atomic mass is 15.2. The third-order valence-corrected chi connectivity index (χ3v) is 5.05. The lowest BCUT2D eigenvalue weighted by Gasteiger charge is -2.35. The van der Waals surface area contributed by atoms with Crippen molar-refractivity contribution in [2.24, 2.45) is 30.7 Å². The van der Waals surface area contributed by atoms with E-state index in [1.165, 1.54) is 44.3 Å². The van der Waals surface area contributed by atoms with Gasteiger partial charge in [-0.1, -0.05) is 27.2 Å². The monoisotopic (exact) mass is 291 g/mol. The van der Waals surface area contributed by atoms with E-state index in [0.717, 1.165) is 30.2 Å². The van der Waals surface area contributed by atoms with Crippen LogP contribution in [0, 0.1) is 23.7 Å². The van der Waals surface area contributed by atoms with Gasteiger partial charge in [-0.2, -0.15) is 5.10 Å². The number of nitrogens with zero attached hydrogens (tertiary/aromatic N) is 2. The fraction of sp³-hybridized carbons (Fsp3) is 0.833. The first-order valence-electron chi connectivity index (χ1n) is 8.73. The summed E-state index contributed by atoms with van der Waals surface area (Å²) in [6, 6.07) is 2.16. The molecule has 0 aliphatic heterocycles. The van der Waals surface area contributed by atoms with Crippen LogP contribution in [0.5, 0.6) is 0 Å². The second-order valence-electron chi connectivity index (χ2n) is 7.48. The quantitative estimate of drug-likeness (QED) is 0.831. The van der Waals surface area contributed by atoms with Gasteiger partial charge in [-0.15, -0.1) is 0 Å². The summed E-state index contributed by atoms with van der Waals surface area (Å²) in [7, 11) is 2.06. The third kappa shape index (κ3) is 5.14. The average Bonchev–Trinajstić information content (AvgIpc) is 2.83. The van der Waals surface area contributed by atoms with Crippen LogP contribution in [0.15, 0.2) is 12.3 Å². The molecule has 0 amide bonds. The zero-order valence-electron chi connectivity index (χ0n) is 14.3. The molecule has 0 spiro atoms. The van der Waals surface area contributed by atoms with E-state index in [1.807, 2.05) is 10.9 Å².